The van der Waals surface area contributed by atoms with Crippen molar-refractivity contribution in [1.82, 2.24) is 15.3 Å². The number of amides is 1. The molecule has 0 fully saturated rings. The van der Waals surface area contributed by atoms with Gasteiger partial charge >= 0.3 is 0 Å². The van der Waals surface area contributed by atoms with Crippen LogP contribution in [0.5, 0.6) is 5.75 Å². The number of fused-ring (bicyclic) bond motifs is 1. The predicted molar refractivity (Wildman–Crippen MR) is 119 cm³/mol. The molecule has 0 radical (unpaired) electrons. The van der Waals surface area contributed by atoms with E-state index >= 15 is 0 Å². The molecular formula is C22H21ClFN5O2. The van der Waals surface area contributed by atoms with Crippen LogP contribution in [-0.4, -0.2) is 35.1 Å². The van der Waals surface area contributed by atoms with Gasteiger partial charge in [0, 0.05) is 29.0 Å². The van der Waals surface area contributed by atoms with Crippen LogP contribution >= 0.6 is 11.6 Å². The predicted octanol–water partition coefficient (Wildman–Crippen LogP) is 4.62. The van der Waals surface area contributed by atoms with E-state index in [1.165, 1.54) is 24.4 Å². The summed E-state index contributed by atoms with van der Waals surface area (Å²) in [4.78, 5) is 21.2. The first kappa shape index (κ1) is 20.9. The van der Waals surface area contributed by atoms with Crippen molar-refractivity contribution >= 4 is 34.7 Å². The smallest absolute Gasteiger partial charge is 0.255 e. The van der Waals surface area contributed by atoms with Gasteiger partial charge in [0.05, 0.1) is 29.2 Å². The Balaban J connectivity index is 1.79. The number of benzene rings is 1. The van der Waals surface area contributed by atoms with Gasteiger partial charge in [-0.25, -0.2) is 9.37 Å². The molecule has 0 saturated carbocycles. The number of carbonyl (C=O) groups excluding carboxylic acids is 1. The third-order valence-electron chi connectivity index (χ3n) is 4.57. The third kappa shape index (κ3) is 4.54. The monoisotopic (exact) mass is 441 g/mol. The van der Waals surface area contributed by atoms with Crippen LogP contribution in [0, 0.1) is 5.82 Å². The Hall–Kier alpha value is -3.39. The fourth-order valence-electron chi connectivity index (χ4n) is 3.22. The molecule has 0 bridgehead atoms. The summed E-state index contributed by atoms with van der Waals surface area (Å²) in [5.41, 5.74) is 2.09. The quantitative estimate of drug-likeness (QED) is 0.535. The molecule has 1 aliphatic rings. The van der Waals surface area contributed by atoms with Crippen molar-refractivity contribution in [3.8, 4) is 17.0 Å². The number of pyridine rings is 2. The van der Waals surface area contributed by atoms with Crippen LogP contribution in [-0.2, 0) is 0 Å². The van der Waals surface area contributed by atoms with Gasteiger partial charge < -0.3 is 20.7 Å². The van der Waals surface area contributed by atoms with Crippen molar-refractivity contribution in [2.24, 2.45) is 0 Å². The standard InChI is InChI=1S/C22H21ClFN5O2/c1-12(2)27-22(30)15-11-25-6-5-17(15)28-19-10-18(14-9-13(23)3-4-16(14)24)29-21-20(19)31-8-7-26-21/h3-6,9-12H,7-8H2,1-2H3,(H,27,30)(H2,25,26,28,29). The maximum absolute atomic E-state index is 14.5. The van der Waals surface area contributed by atoms with Gasteiger partial charge in [-0.1, -0.05) is 11.6 Å². The van der Waals surface area contributed by atoms with Gasteiger partial charge in [0.25, 0.3) is 5.91 Å². The molecule has 1 amide bonds. The van der Waals surface area contributed by atoms with Crippen LogP contribution in [0.1, 0.15) is 24.2 Å². The van der Waals surface area contributed by atoms with Crippen LogP contribution in [0.15, 0.2) is 42.7 Å². The van der Waals surface area contributed by atoms with E-state index in [2.05, 4.69) is 25.9 Å². The first-order valence-corrected chi connectivity index (χ1v) is 10.2. The molecule has 3 heterocycles. The molecule has 3 aromatic rings. The molecular weight excluding hydrogens is 421 g/mol. The zero-order valence-electron chi connectivity index (χ0n) is 17.0. The lowest BCUT2D eigenvalue weighted by Crippen LogP contribution is -2.30. The molecule has 0 atom stereocenters. The molecule has 31 heavy (non-hydrogen) atoms. The molecule has 0 unspecified atom stereocenters. The highest BCUT2D eigenvalue weighted by molar-refractivity contribution is 6.30. The summed E-state index contributed by atoms with van der Waals surface area (Å²) in [6, 6.07) is 7.64. The highest BCUT2D eigenvalue weighted by Gasteiger charge is 2.21. The van der Waals surface area contributed by atoms with Crippen LogP contribution in [0.2, 0.25) is 5.02 Å². The van der Waals surface area contributed by atoms with Crippen molar-refractivity contribution in [2.75, 3.05) is 23.8 Å². The third-order valence-corrected chi connectivity index (χ3v) is 4.81. The second kappa shape index (κ2) is 8.77. The largest absolute Gasteiger partial charge is 0.486 e. The van der Waals surface area contributed by atoms with Gasteiger partial charge in [-0.2, -0.15) is 0 Å². The van der Waals surface area contributed by atoms with E-state index in [1.54, 1.807) is 18.3 Å². The summed E-state index contributed by atoms with van der Waals surface area (Å²) in [6.07, 6.45) is 3.07. The van der Waals surface area contributed by atoms with Crippen LogP contribution < -0.4 is 20.7 Å². The first-order valence-electron chi connectivity index (χ1n) is 9.81. The summed E-state index contributed by atoms with van der Waals surface area (Å²) in [5.74, 6) is 0.270. The number of nitrogens with zero attached hydrogens (tertiary/aromatic N) is 2. The van der Waals surface area contributed by atoms with E-state index in [-0.39, 0.29) is 17.5 Å². The fourth-order valence-corrected chi connectivity index (χ4v) is 3.39. The van der Waals surface area contributed by atoms with E-state index in [0.29, 0.717) is 52.4 Å². The van der Waals surface area contributed by atoms with Gasteiger partial charge in [-0.05, 0) is 44.2 Å². The molecule has 4 rings (SSSR count). The SMILES string of the molecule is CC(C)NC(=O)c1cnccc1Nc1cc(-c2cc(Cl)ccc2F)nc2c1OCCN2. The Labute approximate surface area is 184 Å². The number of aromatic nitrogens is 2. The lowest BCUT2D eigenvalue weighted by molar-refractivity contribution is 0.0943. The molecule has 2 aromatic heterocycles. The number of carbonyl (C=O) groups is 1. The Kier molecular flexibility index (Phi) is 5.90. The van der Waals surface area contributed by atoms with Crippen LogP contribution in [0.3, 0.4) is 0 Å². The highest BCUT2D eigenvalue weighted by Crippen LogP contribution is 2.40. The number of halogens is 2. The normalized spacial score (nSPS) is 12.5. The molecule has 3 N–H and O–H groups in total. The minimum atomic E-state index is -0.444. The van der Waals surface area contributed by atoms with Gasteiger partial charge in [0.15, 0.2) is 11.6 Å². The van der Waals surface area contributed by atoms with E-state index in [4.69, 9.17) is 16.3 Å². The second-order valence-electron chi connectivity index (χ2n) is 7.31. The van der Waals surface area contributed by atoms with Gasteiger partial charge in [0.1, 0.15) is 12.4 Å². The molecule has 1 aromatic carbocycles. The second-order valence-corrected chi connectivity index (χ2v) is 7.74. The summed E-state index contributed by atoms with van der Waals surface area (Å²) in [6.45, 7) is 4.78. The minimum Gasteiger partial charge on any atom is -0.486 e. The molecule has 1 aliphatic heterocycles. The Morgan fingerprint density at radius 2 is 2.10 bits per heavy atom. The fraction of sp³-hybridized carbons (Fsp3) is 0.227. The molecule has 0 aliphatic carbocycles. The van der Waals surface area contributed by atoms with E-state index in [9.17, 15) is 9.18 Å². The molecule has 0 saturated heterocycles. The zero-order valence-corrected chi connectivity index (χ0v) is 17.8. The summed E-state index contributed by atoms with van der Waals surface area (Å²) >= 11 is 6.07. The van der Waals surface area contributed by atoms with Crippen molar-refractivity contribution in [3.63, 3.8) is 0 Å². The maximum atomic E-state index is 14.5. The van der Waals surface area contributed by atoms with Crippen LogP contribution in [0.25, 0.3) is 11.3 Å². The average molecular weight is 442 g/mol. The van der Waals surface area contributed by atoms with Gasteiger partial charge in [-0.15, -0.1) is 0 Å². The minimum absolute atomic E-state index is 0.0285. The Morgan fingerprint density at radius 3 is 2.90 bits per heavy atom. The van der Waals surface area contributed by atoms with Crippen molar-refractivity contribution in [2.45, 2.75) is 19.9 Å². The van der Waals surface area contributed by atoms with Gasteiger partial charge in [-0.3, -0.25) is 9.78 Å². The number of nitrogens with one attached hydrogen (secondary N) is 3. The van der Waals surface area contributed by atoms with E-state index in [0.717, 1.165) is 0 Å². The topological polar surface area (TPSA) is 88.2 Å². The van der Waals surface area contributed by atoms with Crippen molar-refractivity contribution < 1.29 is 13.9 Å². The van der Waals surface area contributed by atoms with Crippen LogP contribution in [0.4, 0.5) is 21.6 Å². The Morgan fingerprint density at radius 1 is 1.26 bits per heavy atom. The summed E-state index contributed by atoms with van der Waals surface area (Å²) < 4.78 is 20.3. The van der Waals surface area contributed by atoms with Crippen molar-refractivity contribution in [1.29, 1.82) is 0 Å². The average Bonchev–Trinajstić information content (AvgIpc) is 2.75. The Bertz CT molecular complexity index is 1140. The summed E-state index contributed by atoms with van der Waals surface area (Å²) in [5, 5.41) is 9.67. The van der Waals surface area contributed by atoms with E-state index in [1.807, 2.05) is 13.8 Å². The molecule has 7 nitrogen and oxygen atoms in total. The maximum Gasteiger partial charge on any atom is 0.255 e. The zero-order chi connectivity index (χ0) is 22.0. The summed E-state index contributed by atoms with van der Waals surface area (Å²) in [7, 11) is 0. The number of anilines is 3. The number of rotatable bonds is 5. The molecule has 9 heteroatoms. The lowest BCUT2D eigenvalue weighted by atomic mass is 10.1. The molecule has 0 spiro atoms. The highest BCUT2D eigenvalue weighted by atomic mass is 35.5. The van der Waals surface area contributed by atoms with E-state index < -0.39 is 5.82 Å². The number of hydrogen-bond acceptors (Lipinski definition) is 6. The van der Waals surface area contributed by atoms with Crippen molar-refractivity contribution in [3.05, 3.63) is 59.1 Å². The lowest BCUT2D eigenvalue weighted by Gasteiger charge is -2.23. The molecule has 160 valence electrons. The van der Waals surface area contributed by atoms with Gasteiger partial charge in [0.2, 0.25) is 0 Å². The first-order chi connectivity index (χ1) is 14.9. The number of hydrogen-bond donors (Lipinski definition) is 3. The number of ether oxygens (including phenoxy) is 1.